The smallest absolute Gasteiger partial charge is 0.255 e. The molecule has 0 unspecified atom stereocenters. The van der Waals surface area contributed by atoms with Gasteiger partial charge in [0.25, 0.3) is 5.56 Å². The van der Waals surface area contributed by atoms with Crippen molar-refractivity contribution in [1.29, 1.82) is 0 Å². The number of hydrogen-bond donors (Lipinski definition) is 2. The van der Waals surface area contributed by atoms with Gasteiger partial charge in [0.05, 0.1) is 11.3 Å². The van der Waals surface area contributed by atoms with Crippen molar-refractivity contribution in [3.05, 3.63) is 61.9 Å². The standard InChI is InChI=1S/C22H25BrN4O/c23-16-6-7-19-17(10-16)15(11-24-19)12-27-9-8-20-18(13-27)22(28)26-21(25-20)14-4-2-1-3-5-14/h6-7,10-11,14,24H,1-5,8-9,12-13H2,(H,25,26,28). The molecule has 1 fully saturated rings. The Morgan fingerprint density at radius 3 is 2.93 bits per heavy atom. The van der Waals surface area contributed by atoms with Gasteiger partial charge in [-0.3, -0.25) is 9.69 Å². The number of hydrogen-bond acceptors (Lipinski definition) is 3. The van der Waals surface area contributed by atoms with E-state index in [4.69, 9.17) is 4.98 Å². The number of nitrogens with one attached hydrogen (secondary N) is 2. The summed E-state index contributed by atoms with van der Waals surface area (Å²) in [6.07, 6.45) is 9.06. The quantitative estimate of drug-likeness (QED) is 0.624. The van der Waals surface area contributed by atoms with E-state index < -0.39 is 0 Å². The number of nitrogens with zero attached hydrogens (tertiary/aromatic N) is 2. The molecule has 3 aromatic rings. The van der Waals surface area contributed by atoms with Crippen molar-refractivity contribution >= 4 is 26.8 Å². The van der Waals surface area contributed by atoms with Gasteiger partial charge in [-0.2, -0.15) is 0 Å². The Labute approximate surface area is 172 Å². The normalized spacial score (nSPS) is 18.5. The molecular weight excluding hydrogens is 416 g/mol. The third-order valence-corrected chi connectivity index (χ3v) is 6.77. The zero-order valence-electron chi connectivity index (χ0n) is 15.9. The van der Waals surface area contributed by atoms with Gasteiger partial charge in [0, 0.05) is 53.5 Å². The molecule has 6 heteroatoms. The van der Waals surface area contributed by atoms with E-state index in [1.165, 1.54) is 30.2 Å². The highest BCUT2D eigenvalue weighted by Gasteiger charge is 2.25. The van der Waals surface area contributed by atoms with Crippen LogP contribution in [0.5, 0.6) is 0 Å². The highest BCUT2D eigenvalue weighted by atomic mass is 79.9. The Bertz CT molecular complexity index is 1060. The van der Waals surface area contributed by atoms with Crippen molar-refractivity contribution in [2.24, 2.45) is 0 Å². The van der Waals surface area contributed by atoms with E-state index in [0.29, 0.717) is 12.5 Å². The van der Waals surface area contributed by atoms with Crippen LogP contribution in [0.2, 0.25) is 0 Å². The van der Waals surface area contributed by atoms with Gasteiger partial charge >= 0.3 is 0 Å². The molecular formula is C22H25BrN4O. The van der Waals surface area contributed by atoms with E-state index >= 15 is 0 Å². The highest BCUT2D eigenvalue weighted by molar-refractivity contribution is 9.10. The van der Waals surface area contributed by atoms with E-state index in [2.05, 4.69) is 55.2 Å². The summed E-state index contributed by atoms with van der Waals surface area (Å²) in [7, 11) is 0. The van der Waals surface area contributed by atoms with Crippen LogP contribution in [0.25, 0.3) is 10.9 Å². The second-order valence-corrected chi connectivity index (χ2v) is 9.09. The number of H-pyrrole nitrogens is 2. The van der Waals surface area contributed by atoms with Crippen LogP contribution in [0.4, 0.5) is 0 Å². The lowest BCUT2D eigenvalue weighted by molar-refractivity contribution is 0.242. The first-order chi connectivity index (χ1) is 13.7. The Morgan fingerprint density at radius 2 is 2.07 bits per heavy atom. The Balaban J connectivity index is 1.37. The van der Waals surface area contributed by atoms with Crippen molar-refractivity contribution in [3.63, 3.8) is 0 Å². The van der Waals surface area contributed by atoms with Crippen LogP contribution in [0.1, 0.15) is 60.7 Å². The van der Waals surface area contributed by atoms with Crippen molar-refractivity contribution in [3.8, 4) is 0 Å². The fourth-order valence-corrected chi connectivity index (χ4v) is 5.09. The molecule has 1 saturated carbocycles. The molecule has 1 aliphatic heterocycles. The van der Waals surface area contributed by atoms with Gasteiger partial charge in [0.1, 0.15) is 5.82 Å². The monoisotopic (exact) mass is 440 g/mol. The second kappa shape index (κ2) is 7.48. The molecule has 1 aliphatic carbocycles. The van der Waals surface area contributed by atoms with E-state index in [1.54, 1.807) is 0 Å². The van der Waals surface area contributed by atoms with Crippen molar-refractivity contribution < 1.29 is 0 Å². The summed E-state index contributed by atoms with van der Waals surface area (Å²) in [6, 6.07) is 6.30. The van der Waals surface area contributed by atoms with Crippen LogP contribution in [0.3, 0.4) is 0 Å². The zero-order chi connectivity index (χ0) is 19.1. The molecule has 5 nitrogen and oxygen atoms in total. The summed E-state index contributed by atoms with van der Waals surface area (Å²) >= 11 is 3.57. The summed E-state index contributed by atoms with van der Waals surface area (Å²) in [6.45, 7) is 2.44. The van der Waals surface area contributed by atoms with E-state index in [9.17, 15) is 4.79 Å². The van der Waals surface area contributed by atoms with Crippen LogP contribution in [0, 0.1) is 0 Å². The summed E-state index contributed by atoms with van der Waals surface area (Å²) < 4.78 is 1.08. The number of aromatic amines is 2. The largest absolute Gasteiger partial charge is 0.361 e. The van der Waals surface area contributed by atoms with Gasteiger partial charge in [-0.1, -0.05) is 35.2 Å². The third kappa shape index (κ3) is 3.44. The van der Waals surface area contributed by atoms with E-state index in [1.807, 2.05) is 0 Å². The summed E-state index contributed by atoms with van der Waals surface area (Å²) in [5.41, 5.74) is 4.35. The van der Waals surface area contributed by atoms with Crippen molar-refractivity contribution in [2.75, 3.05) is 6.54 Å². The molecule has 0 bridgehead atoms. The molecule has 0 atom stereocenters. The maximum Gasteiger partial charge on any atom is 0.255 e. The van der Waals surface area contributed by atoms with Gasteiger partial charge in [-0.25, -0.2) is 4.98 Å². The molecule has 28 heavy (non-hydrogen) atoms. The van der Waals surface area contributed by atoms with Gasteiger partial charge in [0.2, 0.25) is 0 Å². The second-order valence-electron chi connectivity index (χ2n) is 8.18. The lowest BCUT2D eigenvalue weighted by Gasteiger charge is -2.28. The molecule has 1 aromatic carbocycles. The first-order valence-electron chi connectivity index (χ1n) is 10.3. The van der Waals surface area contributed by atoms with Crippen LogP contribution in [0.15, 0.2) is 33.7 Å². The summed E-state index contributed by atoms with van der Waals surface area (Å²) in [5.74, 6) is 1.37. The summed E-state index contributed by atoms with van der Waals surface area (Å²) in [5, 5.41) is 1.24. The first-order valence-corrected chi connectivity index (χ1v) is 11.1. The highest BCUT2D eigenvalue weighted by Crippen LogP contribution is 2.31. The molecule has 0 radical (unpaired) electrons. The SMILES string of the molecule is O=c1[nH]c(C2CCCCC2)nc2c1CN(Cc1c[nH]c3ccc(Br)cc13)CC2. The fraction of sp³-hybridized carbons (Fsp3) is 0.455. The molecule has 3 heterocycles. The number of fused-ring (bicyclic) bond motifs is 2. The minimum absolute atomic E-state index is 0.0666. The number of rotatable bonds is 3. The molecule has 2 aromatic heterocycles. The maximum absolute atomic E-state index is 12.8. The average Bonchev–Trinajstić information content (AvgIpc) is 3.11. The van der Waals surface area contributed by atoms with Crippen LogP contribution in [-0.4, -0.2) is 26.4 Å². The summed E-state index contributed by atoms with van der Waals surface area (Å²) in [4.78, 5) is 26.5. The van der Waals surface area contributed by atoms with Crippen molar-refractivity contribution in [2.45, 2.75) is 57.5 Å². The average molecular weight is 441 g/mol. The molecule has 0 amide bonds. The maximum atomic E-state index is 12.8. The molecule has 0 saturated heterocycles. The minimum atomic E-state index is 0.0666. The van der Waals surface area contributed by atoms with Crippen LogP contribution < -0.4 is 5.56 Å². The Hall–Kier alpha value is -1.92. The molecule has 2 N–H and O–H groups in total. The van der Waals surface area contributed by atoms with Gasteiger partial charge in [0.15, 0.2) is 0 Å². The first kappa shape index (κ1) is 18.1. The number of halogens is 1. The van der Waals surface area contributed by atoms with Gasteiger partial charge < -0.3 is 9.97 Å². The molecule has 146 valence electrons. The minimum Gasteiger partial charge on any atom is -0.361 e. The lowest BCUT2D eigenvalue weighted by Crippen LogP contribution is -2.36. The number of benzene rings is 1. The number of aromatic nitrogens is 3. The Kier molecular flexibility index (Phi) is 4.85. The van der Waals surface area contributed by atoms with Crippen LogP contribution >= 0.6 is 15.9 Å². The third-order valence-electron chi connectivity index (χ3n) is 6.28. The molecule has 2 aliphatic rings. The van der Waals surface area contributed by atoms with Crippen molar-refractivity contribution in [1.82, 2.24) is 19.9 Å². The topological polar surface area (TPSA) is 64.8 Å². The van der Waals surface area contributed by atoms with Gasteiger partial charge in [-0.05, 0) is 36.6 Å². The van der Waals surface area contributed by atoms with Gasteiger partial charge in [-0.15, -0.1) is 0 Å². The molecule has 5 rings (SSSR count). The molecule has 0 spiro atoms. The predicted octanol–water partition coefficient (Wildman–Crippen LogP) is 4.62. The zero-order valence-corrected chi connectivity index (χ0v) is 17.5. The lowest BCUT2D eigenvalue weighted by atomic mass is 9.88. The van der Waals surface area contributed by atoms with Crippen LogP contribution in [-0.2, 0) is 19.5 Å². The fourth-order valence-electron chi connectivity index (χ4n) is 4.73. The van der Waals surface area contributed by atoms with E-state index in [0.717, 1.165) is 59.4 Å². The Morgan fingerprint density at radius 1 is 1.21 bits per heavy atom. The van der Waals surface area contributed by atoms with E-state index in [-0.39, 0.29) is 5.56 Å². The predicted molar refractivity (Wildman–Crippen MR) is 115 cm³/mol.